The van der Waals surface area contributed by atoms with Gasteiger partial charge in [0.1, 0.15) is 11.1 Å². The minimum absolute atomic E-state index is 0.488. The fraction of sp³-hybridized carbons (Fsp3) is 0. The van der Waals surface area contributed by atoms with Crippen molar-refractivity contribution >= 4 is 34.3 Å². The molecule has 0 saturated carbocycles. The fourth-order valence-electron chi connectivity index (χ4n) is 2.21. The number of aromatic nitrogens is 3. The normalized spacial score (nSPS) is 11.4. The first-order valence-corrected chi connectivity index (χ1v) is 9.07. The molecular weight excluding hydrogens is 352 g/mol. The van der Waals surface area contributed by atoms with Gasteiger partial charge in [-0.25, -0.2) is 9.97 Å². The molecule has 0 saturated heterocycles. The van der Waals surface area contributed by atoms with Crippen LogP contribution in [0.1, 0.15) is 10.7 Å². The maximum Gasteiger partial charge on any atom is 0.162 e. The Hall–Kier alpha value is -3.08. The first-order valence-electron chi connectivity index (χ1n) is 7.31. The summed E-state index contributed by atoms with van der Waals surface area (Å²) in [7, 11) is 0. The molecule has 0 amide bonds. The molecule has 7 heteroatoms. The summed E-state index contributed by atoms with van der Waals surface area (Å²) in [5.74, 6) is 0.720. The van der Waals surface area contributed by atoms with Crippen molar-refractivity contribution in [1.82, 2.24) is 15.0 Å². The topological polar surface area (TPSA) is 75.6 Å². The largest absolute Gasteiger partial charge is 0.462 e. The zero-order chi connectivity index (χ0) is 17.1. The molecule has 0 bridgehead atoms. The van der Waals surface area contributed by atoms with Crippen molar-refractivity contribution in [2.75, 3.05) is 0 Å². The van der Waals surface area contributed by atoms with Gasteiger partial charge in [-0.1, -0.05) is 0 Å². The van der Waals surface area contributed by atoms with Crippen molar-refractivity contribution in [2.24, 2.45) is 0 Å². The van der Waals surface area contributed by atoms with E-state index in [0.29, 0.717) is 16.3 Å². The molecule has 0 radical (unpaired) electrons. The van der Waals surface area contributed by atoms with Gasteiger partial charge < -0.3 is 4.42 Å². The molecule has 0 N–H and O–H groups in total. The highest BCUT2D eigenvalue weighted by molar-refractivity contribution is 7.13. The van der Waals surface area contributed by atoms with Crippen LogP contribution < -0.4 is 0 Å². The molecule has 4 rings (SSSR count). The van der Waals surface area contributed by atoms with E-state index in [1.165, 1.54) is 22.7 Å². The quantitative estimate of drug-likeness (QED) is 0.478. The maximum absolute atomic E-state index is 9.51. The Balaban J connectivity index is 1.64. The molecule has 0 atom stereocenters. The van der Waals surface area contributed by atoms with E-state index in [0.717, 1.165) is 22.0 Å². The van der Waals surface area contributed by atoms with Crippen LogP contribution in [0, 0.1) is 11.3 Å². The smallest absolute Gasteiger partial charge is 0.162 e. The maximum atomic E-state index is 9.51. The Morgan fingerprint density at radius 3 is 2.76 bits per heavy atom. The van der Waals surface area contributed by atoms with E-state index in [-0.39, 0.29) is 0 Å². The van der Waals surface area contributed by atoms with Gasteiger partial charge in [-0.3, -0.25) is 4.98 Å². The van der Waals surface area contributed by atoms with Gasteiger partial charge in [-0.05, 0) is 30.3 Å². The lowest BCUT2D eigenvalue weighted by Gasteiger charge is -1.94. The minimum Gasteiger partial charge on any atom is -0.462 e. The number of allylic oxidation sites excluding steroid dienone is 1. The van der Waals surface area contributed by atoms with Gasteiger partial charge in [0.15, 0.2) is 10.8 Å². The van der Waals surface area contributed by atoms with E-state index in [1.807, 2.05) is 35.0 Å². The number of nitrogens with zero attached hydrogens (tertiary/aromatic N) is 4. The lowest BCUT2D eigenvalue weighted by Crippen LogP contribution is -1.83. The molecule has 0 aliphatic heterocycles. The molecular formula is C18H10N4OS2. The highest BCUT2D eigenvalue weighted by Gasteiger charge is 2.11. The van der Waals surface area contributed by atoms with E-state index in [2.05, 4.69) is 21.0 Å². The average molecular weight is 362 g/mol. The Bertz CT molecular complexity index is 1060. The van der Waals surface area contributed by atoms with E-state index in [9.17, 15) is 5.26 Å². The number of hydrogen-bond donors (Lipinski definition) is 0. The van der Waals surface area contributed by atoms with Crippen molar-refractivity contribution in [1.29, 1.82) is 5.26 Å². The van der Waals surface area contributed by atoms with Crippen LogP contribution in [0.4, 0.5) is 0 Å². The second-order valence-electron chi connectivity index (χ2n) is 5.00. The van der Waals surface area contributed by atoms with Crippen LogP contribution in [-0.4, -0.2) is 15.0 Å². The molecule has 120 valence electrons. The summed E-state index contributed by atoms with van der Waals surface area (Å²) in [6, 6.07) is 9.68. The zero-order valence-electron chi connectivity index (χ0n) is 12.8. The van der Waals surface area contributed by atoms with Crippen LogP contribution in [0.5, 0.6) is 0 Å². The Morgan fingerprint density at radius 1 is 1.12 bits per heavy atom. The van der Waals surface area contributed by atoms with Crippen LogP contribution in [0.2, 0.25) is 0 Å². The fourth-order valence-corrected chi connectivity index (χ4v) is 3.75. The lowest BCUT2D eigenvalue weighted by molar-refractivity contribution is 0.582. The molecule has 4 heterocycles. The predicted molar refractivity (Wildman–Crippen MR) is 98.6 cm³/mol. The summed E-state index contributed by atoms with van der Waals surface area (Å²) in [5.41, 5.74) is 3.01. The van der Waals surface area contributed by atoms with Crippen molar-refractivity contribution in [2.45, 2.75) is 0 Å². The van der Waals surface area contributed by atoms with Crippen molar-refractivity contribution in [3.8, 4) is 28.1 Å². The molecule has 25 heavy (non-hydrogen) atoms. The third kappa shape index (κ3) is 3.26. The van der Waals surface area contributed by atoms with Gasteiger partial charge in [0.2, 0.25) is 0 Å². The van der Waals surface area contributed by atoms with Crippen molar-refractivity contribution < 1.29 is 4.42 Å². The van der Waals surface area contributed by atoms with E-state index in [1.54, 1.807) is 24.7 Å². The van der Waals surface area contributed by atoms with Crippen molar-refractivity contribution in [3.63, 3.8) is 0 Å². The van der Waals surface area contributed by atoms with Crippen LogP contribution in [-0.2, 0) is 0 Å². The number of nitriles is 1. The van der Waals surface area contributed by atoms with Crippen LogP contribution in [0.15, 0.2) is 58.1 Å². The zero-order valence-corrected chi connectivity index (χ0v) is 14.4. The highest BCUT2D eigenvalue weighted by Crippen LogP contribution is 2.29. The van der Waals surface area contributed by atoms with Crippen LogP contribution >= 0.6 is 22.7 Å². The first-order chi connectivity index (χ1) is 12.3. The second kappa shape index (κ2) is 6.81. The minimum atomic E-state index is 0.488. The number of thiazole rings is 2. The molecule has 0 aromatic carbocycles. The van der Waals surface area contributed by atoms with Gasteiger partial charge in [-0.15, -0.1) is 22.7 Å². The summed E-state index contributed by atoms with van der Waals surface area (Å²) >= 11 is 2.91. The molecule has 0 unspecified atom stereocenters. The average Bonchev–Trinajstić information content (AvgIpc) is 3.41. The Labute approximate surface area is 151 Å². The molecule has 4 aromatic heterocycles. The highest BCUT2D eigenvalue weighted by atomic mass is 32.1. The summed E-state index contributed by atoms with van der Waals surface area (Å²) in [4.78, 5) is 13.1. The predicted octanol–water partition coefficient (Wildman–Crippen LogP) is 4.99. The first kappa shape index (κ1) is 15.4. The summed E-state index contributed by atoms with van der Waals surface area (Å²) < 4.78 is 5.35. The van der Waals surface area contributed by atoms with Gasteiger partial charge in [0, 0.05) is 28.7 Å². The molecule has 0 spiro atoms. The molecule has 0 fully saturated rings. The number of rotatable bonds is 4. The number of hydrogen-bond acceptors (Lipinski definition) is 7. The van der Waals surface area contributed by atoms with Gasteiger partial charge >= 0.3 is 0 Å². The van der Waals surface area contributed by atoms with Gasteiger partial charge in [0.25, 0.3) is 0 Å². The summed E-state index contributed by atoms with van der Waals surface area (Å²) in [6.45, 7) is 0. The van der Waals surface area contributed by atoms with Crippen LogP contribution in [0.3, 0.4) is 0 Å². The lowest BCUT2D eigenvalue weighted by atomic mass is 10.2. The SMILES string of the molecule is N#C/C(=C\c1csc(-c2ccco2)n1)c1nc(-c2ccncc2)cs1. The molecule has 0 aliphatic carbocycles. The third-order valence-electron chi connectivity index (χ3n) is 3.38. The standard InChI is InChI=1S/C18H10N4OS2/c19-9-13(8-14-10-24-18(21-14)16-2-1-7-23-16)17-22-15(11-25-17)12-3-5-20-6-4-12/h1-8,10-11H/b13-8+. The Kier molecular flexibility index (Phi) is 4.21. The van der Waals surface area contributed by atoms with Crippen molar-refractivity contribution in [3.05, 3.63) is 64.4 Å². The number of furan rings is 1. The van der Waals surface area contributed by atoms with E-state index < -0.39 is 0 Å². The summed E-state index contributed by atoms with van der Waals surface area (Å²) in [6.07, 6.45) is 6.81. The number of pyridine rings is 1. The van der Waals surface area contributed by atoms with E-state index >= 15 is 0 Å². The third-order valence-corrected chi connectivity index (χ3v) is 5.13. The van der Waals surface area contributed by atoms with E-state index in [4.69, 9.17) is 4.42 Å². The second-order valence-corrected chi connectivity index (χ2v) is 6.71. The Morgan fingerprint density at radius 2 is 2.00 bits per heavy atom. The van der Waals surface area contributed by atoms with Gasteiger partial charge in [0.05, 0.1) is 23.2 Å². The molecule has 5 nitrogen and oxygen atoms in total. The molecule has 0 aliphatic rings. The van der Waals surface area contributed by atoms with Gasteiger partial charge in [-0.2, -0.15) is 5.26 Å². The van der Waals surface area contributed by atoms with Crippen LogP contribution in [0.25, 0.3) is 33.7 Å². The molecule has 4 aromatic rings. The summed E-state index contributed by atoms with van der Waals surface area (Å²) in [5, 5.41) is 14.8. The monoisotopic (exact) mass is 362 g/mol.